The molecule has 0 spiro atoms. The molecule has 6 rings (SSSR count). The maximum Gasteiger partial charge on any atom is 0.284 e. The Hall–Kier alpha value is -4.96. The molecule has 0 aliphatic carbocycles. The molecule has 1 aliphatic heterocycles. The second-order valence-corrected chi connectivity index (χ2v) is 9.75. The highest BCUT2D eigenvalue weighted by molar-refractivity contribution is 6.05. The van der Waals surface area contributed by atoms with E-state index in [2.05, 4.69) is 36.9 Å². The van der Waals surface area contributed by atoms with Gasteiger partial charge in [0.2, 0.25) is 0 Å². The summed E-state index contributed by atoms with van der Waals surface area (Å²) < 4.78 is 3.20. The van der Waals surface area contributed by atoms with E-state index < -0.39 is 5.91 Å². The van der Waals surface area contributed by atoms with Gasteiger partial charge in [-0.15, -0.1) is 0 Å². The van der Waals surface area contributed by atoms with Gasteiger partial charge in [0.1, 0.15) is 11.4 Å². The smallest absolute Gasteiger partial charge is 0.284 e. The van der Waals surface area contributed by atoms with E-state index in [0.717, 1.165) is 54.3 Å². The number of anilines is 4. The first kappa shape index (κ1) is 25.3. The Balaban J connectivity index is 1.21. The predicted molar refractivity (Wildman–Crippen MR) is 158 cm³/mol. The molecule has 202 valence electrons. The SMILES string of the molecule is Cc1c(C(=O)Nc2ccc(Nc3ccnc4cnc(N5CCNCC5)cc34)cc2)c(=O)n(-c2ccccc2)n1C. The molecule has 40 heavy (non-hydrogen) atoms. The molecule has 0 atom stereocenters. The van der Waals surface area contributed by atoms with Crippen molar-refractivity contribution in [2.24, 2.45) is 7.05 Å². The lowest BCUT2D eigenvalue weighted by Crippen LogP contribution is -2.43. The first-order valence-corrected chi connectivity index (χ1v) is 13.2. The van der Waals surface area contributed by atoms with Gasteiger partial charge in [0.25, 0.3) is 11.5 Å². The van der Waals surface area contributed by atoms with Gasteiger partial charge in [0.15, 0.2) is 0 Å². The highest BCUT2D eigenvalue weighted by atomic mass is 16.2. The summed E-state index contributed by atoms with van der Waals surface area (Å²) in [5.41, 5.74) is 4.22. The van der Waals surface area contributed by atoms with E-state index in [9.17, 15) is 9.59 Å². The Morgan fingerprint density at radius 2 is 1.68 bits per heavy atom. The summed E-state index contributed by atoms with van der Waals surface area (Å²) in [6.07, 6.45) is 3.57. The number of nitrogens with zero attached hydrogens (tertiary/aromatic N) is 5. The fraction of sp³-hybridized carbons (Fsp3) is 0.200. The number of nitrogens with one attached hydrogen (secondary N) is 3. The van der Waals surface area contributed by atoms with Crippen LogP contribution in [-0.2, 0) is 7.05 Å². The van der Waals surface area contributed by atoms with Crippen LogP contribution < -0.4 is 26.4 Å². The molecule has 0 saturated carbocycles. The lowest BCUT2D eigenvalue weighted by atomic mass is 10.2. The fourth-order valence-electron chi connectivity index (χ4n) is 5.03. The zero-order valence-electron chi connectivity index (χ0n) is 22.4. The van der Waals surface area contributed by atoms with Crippen LogP contribution in [0, 0.1) is 6.92 Å². The first-order chi connectivity index (χ1) is 19.5. The van der Waals surface area contributed by atoms with Gasteiger partial charge in [-0.2, -0.15) is 0 Å². The zero-order chi connectivity index (χ0) is 27.6. The summed E-state index contributed by atoms with van der Waals surface area (Å²) in [6.45, 7) is 5.47. The number of carbonyl (C=O) groups excluding carboxylic acids is 1. The van der Waals surface area contributed by atoms with Crippen molar-refractivity contribution in [2.45, 2.75) is 6.92 Å². The summed E-state index contributed by atoms with van der Waals surface area (Å²) in [7, 11) is 1.77. The lowest BCUT2D eigenvalue weighted by Gasteiger charge is -2.28. The van der Waals surface area contributed by atoms with Crippen molar-refractivity contribution >= 4 is 39.7 Å². The molecule has 3 N–H and O–H groups in total. The molecule has 3 aromatic heterocycles. The van der Waals surface area contributed by atoms with E-state index in [4.69, 9.17) is 0 Å². The maximum absolute atomic E-state index is 13.2. The van der Waals surface area contributed by atoms with Crippen molar-refractivity contribution in [3.05, 3.63) is 101 Å². The minimum Gasteiger partial charge on any atom is -0.355 e. The van der Waals surface area contributed by atoms with E-state index in [0.29, 0.717) is 17.1 Å². The molecule has 5 aromatic rings. The average Bonchev–Trinajstić information content (AvgIpc) is 3.22. The molecule has 10 heteroatoms. The Labute approximate surface area is 231 Å². The van der Waals surface area contributed by atoms with E-state index in [1.54, 1.807) is 24.9 Å². The van der Waals surface area contributed by atoms with Crippen LogP contribution >= 0.6 is 0 Å². The molecule has 0 unspecified atom stereocenters. The van der Waals surface area contributed by atoms with E-state index in [1.807, 2.05) is 66.9 Å². The molecule has 1 amide bonds. The molecule has 1 fully saturated rings. The lowest BCUT2D eigenvalue weighted by molar-refractivity contribution is 0.102. The quantitative estimate of drug-likeness (QED) is 0.304. The summed E-state index contributed by atoms with van der Waals surface area (Å²) in [5.74, 6) is 0.493. The van der Waals surface area contributed by atoms with Gasteiger partial charge < -0.3 is 20.9 Å². The fourth-order valence-corrected chi connectivity index (χ4v) is 5.03. The standard InChI is InChI=1S/C30H30N8O2/c1-20-28(30(40)38(36(20)2)23-6-4-3-5-7-23)29(39)35-22-10-8-21(9-11-22)34-25-12-13-32-26-19-33-27(18-24(25)26)37-16-14-31-15-17-37/h3-13,18-19,31H,14-17H2,1-2H3,(H,32,34)(H,35,39). The van der Waals surface area contributed by atoms with Crippen LogP contribution in [0.3, 0.4) is 0 Å². The van der Waals surface area contributed by atoms with Crippen LogP contribution in [0.4, 0.5) is 22.9 Å². The number of amides is 1. The van der Waals surface area contributed by atoms with Crippen LogP contribution in [0.2, 0.25) is 0 Å². The third kappa shape index (κ3) is 4.80. The molecule has 4 heterocycles. The first-order valence-electron chi connectivity index (χ1n) is 13.2. The van der Waals surface area contributed by atoms with Gasteiger partial charge in [-0.1, -0.05) is 18.2 Å². The second-order valence-electron chi connectivity index (χ2n) is 9.75. The number of carbonyl (C=O) groups is 1. The average molecular weight is 535 g/mol. The second kappa shape index (κ2) is 10.7. The molecular weight excluding hydrogens is 504 g/mol. The summed E-state index contributed by atoms with van der Waals surface area (Å²) in [5, 5.41) is 10.7. The molecule has 10 nitrogen and oxygen atoms in total. The Bertz CT molecular complexity index is 1740. The Morgan fingerprint density at radius 3 is 2.42 bits per heavy atom. The Kier molecular flexibility index (Phi) is 6.75. The van der Waals surface area contributed by atoms with Gasteiger partial charge in [0.05, 0.1) is 23.1 Å². The number of para-hydroxylation sites is 1. The van der Waals surface area contributed by atoms with Crippen LogP contribution in [0.15, 0.2) is 83.9 Å². The summed E-state index contributed by atoms with van der Waals surface area (Å²) >= 11 is 0. The van der Waals surface area contributed by atoms with Crippen LogP contribution in [0.1, 0.15) is 16.1 Å². The highest BCUT2D eigenvalue weighted by Gasteiger charge is 2.22. The van der Waals surface area contributed by atoms with Crippen molar-refractivity contribution in [1.29, 1.82) is 0 Å². The summed E-state index contributed by atoms with van der Waals surface area (Å²) in [6, 6.07) is 20.7. The van der Waals surface area contributed by atoms with Crippen LogP contribution in [0.25, 0.3) is 16.6 Å². The van der Waals surface area contributed by atoms with Crippen molar-refractivity contribution in [1.82, 2.24) is 24.6 Å². The number of rotatable bonds is 6. The number of benzene rings is 2. The van der Waals surface area contributed by atoms with Gasteiger partial charge in [-0.05, 0) is 55.5 Å². The molecule has 1 saturated heterocycles. The monoisotopic (exact) mass is 534 g/mol. The zero-order valence-corrected chi connectivity index (χ0v) is 22.4. The van der Waals surface area contributed by atoms with Crippen LogP contribution in [-0.4, -0.2) is 51.4 Å². The number of pyridine rings is 2. The molecule has 1 aliphatic rings. The van der Waals surface area contributed by atoms with E-state index >= 15 is 0 Å². The van der Waals surface area contributed by atoms with Gasteiger partial charge in [-0.25, -0.2) is 9.67 Å². The van der Waals surface area contributed by atoms with E-state index in [1.165, 1.54) is 4.68 Å². The van der Waals surface area contributed by atoms with Crippen molar-refractivity contribution in [2.75, 3.05) is 41.7 Å². The molecule has 0 bridgehead atoms. The highest BCUT2D eigenvalue weighted by Crippen LogP contribution is 2.28. The van der Waals surface area contributed by atoms with Crippen molar-refractivity contribution in [3.8, 4) is 5.69 Å². The molecule has 0 radical (unpaired) electrons. The predicted octanol–water partition coefficient (Wildman–Crippen LogP) is 3.83. The number of fused-ring (bicyclic) bond motifs is 1. The number of hydrogen-bond donors (Lipinski definition) is 3. The van der Waals surface area contributed by atoms with Gasteiger partial charge in [-0.3, -0.25) is 19.3 Å². The third-order valence-corrected chi connectivity index (χ3v) is 7.26. The van der Waals surface area contributed by atoms with E-state index in [-0.39, 0.29) is 11.1 Å². The minimum absolute atomic E-state index is 0.116. The number of piperazine rings is 1. The van der Waals surface area contributed by atoms with Crippen molar-refractivity contribution < 1.29 is 4.79 Å². The number of aromatic nitrogens is 4. The van der Waals surface area contributed by atoms with Crippen LogP contribution in [0.5, 0.6) is 0 Å². The molecule has 2 aromatic carbocycles. The maximum atomic E-state index is 13.2. The topological polar surface area (TPSA) is 109 Å². The van der Waals surface area contributed by atoms with Gasteiger partial charge >= 0.3 is 0 Å². The summed E-state index contributed by atoms with van der Waals surface area (Å²) in [4.78, 5) is 37.7. The van der Waals surface area contributed by atoms with Gasteiger partial charge in [0, 0.05) is 61.9 Å². The normalized spacial score (nSPS) is 13.4. The largest absolute Gasteiger partial charge is 0.355 e. The number of hydrogen-bond acceptors (Lipinski definition) is 7. The Morgan fingerprint density at radius 1 is 0.950 bits per heavy atom. The molecular formula is C30H30N8O2. The van der Waals surface area contributed by atoms with Crippen molar-refractivity contribution in [3.63, 3.8) is 0 Å². The minimum atomic E-state index is -0.443. The third-order valence-electron chi connectivity index (χ3n) is 7.26.